The lowest BCUT2D eigenvalue weighted by molar-refractivity contribution is -0.939. The number of hydrogen-bond acceptors (Lipinski definition) is 7. The summed E-state index contributed by atoms with van der Waals surface area (Å²) in [5.74, 6) is 0.315. The smallest absolute Gasteiger partial charge is 0.348 e. The quantitative estimate of drug-likeness (QED) is 0.282. The molecule has 2 N–H and O–H groups in total. The summed E-state index contributed by atoms with van der Waals surface area (Å²) in [6.07, 6.45) is 2.71. The van der Waals surface area contributed by atoms with Crippen molar-refractivity contribution < 1.29 is 50.2 Å². The number of aromatic nitrogens is 1. The highest BCUT2D eigenvalue weighted by molar-refractivity contribution is 5.90. The van der Waals surface area contributed by atoms with Gasteiger partial charge in [-0.1, -0.05) is 47.6 Å². The summed E-state index contributed by atoms with van der Waals surface area (Å²) in [6, 6.07) is 17.2. The van der Waals surface area contributed by atoms with Crippen molar-refractivity contribution in [2.24, 2.45) is 5.92 Å². The normalized spacial score (nSPS) is 23.8. The number of esters is 1. The second kappa shape index (κ2) is 11.0. The maximum Gasteiger partial charge on any atom is 0.348 e. The van der Waals surface area contributed by atoms with E-state index < -0.39 is 17.7 Å². The zero-order chi connectivity index (χ0) is 25.2. The molecule has 3 saturated heterocycles. The van der Waals surface area contributed by atoms with E-state index in [-0.39, 0.29) is 35.4 Å². The number of benzene rings is 2. The molecule has 4 heterocycles. The van der Waals surface area contributed by atoms with E-state index in [1.807, 2.05) is 6.07 Å². The van der Waals surface area contributed by atoms with E-state index in [1.165, 1.54) is 6.26 Å². The van der Waals surface area contributed by atoms with Crippen molar-refractivity contribution in [2.45, 2.75) is 24.5 Å². The minimum absolute atomic E-state index is 0. The van der Waals surface area contributed by atoms with E-state index in [2.05, 4.69) is 10.5 Å². The highest BCUT2D eigenvalue weighted by Crippen LogP contribution is 2.38. The number of fused-ring (bicyclic) bond motifs is 3. The molecule has 0 spiro atoms. The number of carbonyl (C=O) groups is 2. The number of rotatable bonds is 8. The Bertz CT molecular complexity index is 1200. The molecule has 1 unspecified atom stereocenters. The molecule has 2 atom stereocenters. The first kappa shape index (κ1) is 26.8. The number of methoxy groups -OCH3 is 1. The Morgan fingerprint density at radius 1 is 1.08 bits per heavy atom. The van der Waals surface area contributed by atoms with Crippen molar-refractivity contribution in [3.8, 4) is 5.75 Å². The van der Waals surface area contributed by atoms with Crippen molar-refractivity contribution >= 4 is 17.7 Å². The zero-order valence-electron chi connectivity index (χ0n) is 20.5. The van der Waals surface area contributed by atoms with E-state index in [1.54, 1.807) is 61.7 Å². The number of anilines is 1. The second-order valence-corrected chi connectivity index (χ2v) is 9.65. The Hall–Kier alpha value is -3.21. The fourth-order valence-electron chi connectivity index (χ4n) is 5.48. The van der Waals surface area contributed by atoms with E-state index in [4.69, 9.17) is 14.0 Å². The first-order chi connectivity index (χ1) is 17.4. The van der Waals surface area contributed by atoms with Gasteiger partial charge in [0, 0.05) is 24.8 Å². The molecular weight excluding hydrogens is 542 g/mol. The minimum atomic E-state index is -1.98. The summed E-state index contributed by atoms with van der Waals surface area (Å²) >= 11 is 0. The Balaban J connectivity index is 0.00000320. The van der Waals surface area contributed by atoms with Crippen LogP contribution in [0.25, 0.3) is 0 Å². The molecule has 196 valence electrons. The van der Waals surface area contributed by atoms with Gasteiger partial charge < -0.3 is 45.9 Å². The first-order valence-electron chi connectivity index (χ1n) is 12.1. The molecule has 1 aromatic heterocycles. The van der Waals surface area contributed by atoms with Crippen LogP contribution in [0.1, 0.15) is 24.0 Å². The van der Waals surface area contributed by atoms with Crippen LogP contribution in [-0.2, 0) is 19.9 Å². The fourth-order valence-corrected chi connectivity index (χ4v) is 5.48. The molecule has 3 fully saturated rings. The number of piperidine rings is 3. The molecule has 3 aromatic rings. The van der Waals surface area contributed by atoms with E-state index in [0.29, 0.717) is 33.7 Å². The van der Waals surface area contributed by atoms with E-state index in [0.717, 1.165) is 25.9 Å². The number of halogens is 1. The summed E-state index contributed by atoms with van der Waals surface area (Å²) in [4.78, 5) is 26.4. The summed E-state index contributed by atoms with van der Waals surface area (Å²) < 4.78 is 16.6. The molecule has 10 heteroatoms. The molecule has 2 bridgehead atoms. The van der Waals surface area contributed by atoms with Crippen LogP contribution in [0.15, 0.2) is 71.4 Å². The van der Waals surface area contributed by atoms with Crippen LogP contribution in [0.4, 0.5) is 5.82 Å². The van der Waals surface area contributed by atoms with Gasteiger partial charge in [0.25, 0.3) is 5.91 Å². The van der Waals surface area contributed by atoms with E-state index in [9.17, 15) is 14.7 Å². The van der Waals surface area contributed by atoms with Crippen molar-refractivity contribution in [1.29, 1.82) is 0 Å². The molecular formula is C27H30BrN3O6. The molecule has 3 aliphatic heterocycles. The minimum Gasteiger partial charge on any atom is -1.00 e. The van der Waals surface area contributed by atoms with Gasteiger partial charge in [-0.25, -0.2) is 4.79 Å². The van der Waals surface area contributed by atoms with Crippen LogP contribution in [0.3, 0.4) is 0 Å². The number of nitrogens with zero attached hydrogens (tertiary/aromatic N) is 2. The van der Waals surface area contributed by atoms with Crippen LogP contribution < -0.4 is 27.0 Å². The van der Waals surface area contributed by atoms with Crippen molar-refractivity contribution in [3.63, 3.8) is 0 Å². The summed E-state index contributed by atoms with van der Waals surface area (Å²) in [5, 5.41) is 18.3. The Morgan fingerprint density at radius 3 is 2.38 bits per heavy atom. The topological polar surface area (TPSA) is 111 Å². The van der Waals surface area contributed by atoms with Crippen LogP contribution >= 0.6 is 0 Å². The van der Waals surface area contributed by atoms with Gasteiger partial charge in [0.15, 0.2) is 18.5 Å². The third-order valence-electron chi connectivity index (χ3n) is 7.48. The second-order valence-electron chi connectivity index (χ2n) is 9.65. The molecule has 1 amide bonds. The predicted molar refractivity (Wildman–Crippen MR) is 130 cm³/mol. The number of ether oxygens (including phenoxy) is 2. The Labute approximate surface area is 225 Å². The lowest BCUT2D eigenvalue weighted by atomic mass is 9.82. The molecule has 2 aromatic carbocycles. The molecule has 6 rings (SSSR count). The molecule has 0 aliphatic carbocycles. The average Bonchev–Trinajstić information content (AvgIpc) is 3.42. The molecule has 0 radical (unpaired) electrons. The van der Waals surface area contributed by atoms with E-state index >= 15 is 0 Å². The monoisotopic (exact) mass is 571 g/mol. The van der Waals surface area contributed by atoms with Crippen molar-refractivity contribution in [3.05, 3.63) is 78.1 Å². The number of hydrogen-bond donors (Lipinski definition) is 2. The molecule has 9 nitrogen and oxygen atoms in total. The Morgan fingerprint density at radius 2 is 1.76 bits per heavy atom. The highest BCUT2D eigenvalue weighted by Gasteiger charge is 2.51. The van der Waals surface area contributed by atoms with Gasteiger partial charge in [0.2, 0.25) is 5.60 Å². The van der Waals surface area contributed by atoms with Crippen molar-refractivity contribution in [1.82, 2.24) is 5.16 Å². The van der Waals surface area contributed by atoms with Crippen LogP contribution in [0.5, 0.6) is 5.75 Å². The number of nitrogens with one attached hydrogen (secondary N) is 1. The third kappa shape index (κ3) is 5.41. The average molecular weight is 572 g/mol. The number of carbonyl (C=O) groups excluding carboxylic acids is 2. The summed E-state index contributed by atoms with van der Waals surface area (Å²) in [7, 11) is 1.56. The third-order valence-corrected chi connectivity index (χ3v) is 7.48. The van der Waals surface area contributed by atoms with Gasteiger partial charge in [-0.05, 0) is 23.3 Å². The maximum atomic E-state index is 13.7. The fraction of sp³-hybridized carbons (Fsp3) is 0.370. The van der Waals surface area contributed by atoms with Crippen LogP contribution in [-0.4, -0.2) is 66.0 Å². The number of amides is 1. The predicted octanol–water partition coefficient (Wildman–Crippen LogP) is -0.286. The largest absolute Gasteiger partial charge is 1.00 e. The highest BCUT2D eigenvalue weighted by atomic mass is 79.9. The zero-order valence-corrected chi connectivity index (χ0v) is 22.1. The SMILES string of the molecule is COc1ccc([C@@](O)(C(=O)OC2C[N+]3(CC(=O)Nc4ccon4)CCC2CC3)c2ccccc2)cc1.[Br-]. The van der Waals surface area contributed by atoms with Gasteiger partial charge in [-0.3, -0.25) is 4.79 Å². The van der Waals surface area contributed by atoms with Crippen LogP contribution in [0.2, 0.25) is 0 Å². The molecule has 37 heavy (non-hydrogen) atoms. The summed E-state index contributed by atoms with van der Waals surface area (Å²) in [6.45, 7) is 2.46. The van der Waals surface area contributed by atoms with Crippen LogP contribution in [0, 0.1) is 5.92 Å². The van der Waals surface area contributed by atoms with Gasteiger partial charge >= 0.3 is 5.97 Å². The first-order valence-corrected chi connectivity index (χ1v) is 12.1. The number of quaternary nitrogens is 1. The standard InChI is InChI=1S/C27H29N3O6.BrH/c1-34-22-9-7-21(8-10-22)27(33,20-5-3-2-4-6-20)26(32)36-23-17-30(14-11-19(23)12-15-30)18-25(31)28-24-13-16-35-29-24;/h2-10,13,16,19,23,33H,11-12,14-15,17-18H2,1H3;1H/t19?,23?,27-,30?;/m1./s1. The van der Waals surface area contributed by atoms with Gasteiger partial charge in [0.05, 0.1) is 20.2 Å². The number of aliphatic hydroxyl groups is 1. The summed E-state index contributed by atoms with van der Waals surface area (Å²) in [5.41, 5.74) is -1.15. The molecule has 3 aliphatic rings. The maximum absolute atomic E-state index is 13.7. The lowest BCUT2D eigenvalue weighted by Gasteiger charge is -2.51. The Kier molecular flexibility index (Phi) is 8.01. The van der Waals surface area contributed by atoms with Gasteiger partial charge in [-0.2, -0.15) is 0 Å². The lowest BCUT2D eigenvalue weighted by Crippen LogP contribution is -3.00. The molecule has 0 saturated carbocycles. The van der Waals surface area contributed by atoms with Gasteiger partial charge in [0.1, 0.15) is 18.6 Å². The van der Waals surface area contributed by atoms with Crippen molar-refractivity contribution in [2.75, 3.05) is 38.6 Å². The van der Waals surface area contributed by atoms with Gasteiger partial charge in [-0.15, -0.1) is 0 Å².